The largest absolute Gasteiger partial charge is 0.456 e. The Balaban J connectivity index is 1.15. The van der Waals surface area contributed by atoms with E-state index in [2.05, 4.69) is 138 Å². The Morgan fingerprint density at radius 1 is 0.531 bits per heavy atom. The highest BCUT2D eigenvalue weighted by atomic mass is 32.2. The summed E-state index contributed by atoms with van der Waals surface area (Å²) in [6.07, 6.45) is 6.52. The van der Waals surface area contributed by atoms with Gasteiger partial charge in [0.1, 0.15) is 11.2 Å². The third kappa shape index (κ3) is 4.77. The first-order valence-electron chi connectivity index (χ1n) is 16.6. The average Bonchev–Trinajstić information content (AvgIpc) is 3.68. The zero-order valence-electron chi connectivity index (χ0n) is 26.5. The normalized spacial score (nSPS) is 12.7. The first-order chi connectivity index (χ1) is 24.3. The number of hydrogen-bond acceptors (Lipinski definition) is 4. The van der Waals surface area contributed by atoms with Gasteiger partial charge in [0.2, 0.25) is 0 Å². The van der Waals surface area contributed by atoms with Crippen LogP contribution in [0.2, 0.25) is 0 Å². The summed E-state index contributed by atoms with van der Waals surface area (Å²) < 4.78 is 8.74. The maximum Gasteiger partial charge on any atom is 0.160 e. The lowest BCUT2D eigenvalue weighted by atomic mass is 10.0. The van der Waals surface area contributed by atoms with Crippen molar-refractivity contribution in [1.82, 2.24) is 14.5 Å². The molecule has 5 heteroatoms. The van der Waals surface area contributed by atoms with Crippen LogP contribution in [-0.2, 0) is 0 Å². The quantitative estimate of drug-likeness (QED) is 0.186. The molecule has 232 valence electrons. The van der Waals surface area contributed by atoms with Crippen LogP contribution >= 0.6 is 11.8 Å². The standard InChI is InChI=1S/C44H29N3OS/c1-3-11-28(12-4-1)43-34-16-7-9-17-38(34)45-44(46-43)29-19-21-30(22-20-29)47-39-24-23-32(49-31-13-5-2-6-14-31)25-35(39)36-27-42-37(26-40(36)47)33-15-8-10-18-41(33)48-42/h1-6,8,10-27H,7,9H2. The van der Waals surface area contributed by atoms with Crippen molar-refractivity contribution in [2.45, 2.75) is 22.6 Å². The SMILES string of the molecule is C1=c2nc(-c3ccc(-n4c5ccc(Sc6ccccc6)cc5c5cc6oc7ccccc7c6cc54)cc3)nc(-c3ccccc3)c2=CCC1. The van der Waals surface area contributed by atoms with Crippen LogP contribution in [0, 0.1) is 0 Å². The van der Waals surface area contributed by atoms with Crippen molar-refractivity contribution in [1.29, 1.82) is 0 Å². The van der Waals surface area contributed by atoms with E-state index >= 15 is 0 Å². The Morgan fingerprint density at radius 2 is 1.29 bits per heavy atom. The minimum atomic E-state index is 0.743. The van der Waals surface area contributed by atoms with Gasteiger partial charge in [0, 0.05) is 53.4 Å². The number of nitrogens with zero attached hydrogens (tertiary/aromatic N) is 3. The summed E-state index contributed by atoms with van der Waals surface area (Å²) >= 11 is 1.78. The van der Waals surface area contributed by atoms with Gasteiger partial charge in [-0.05, 0) is 85.6 Å². The van der Waals surface area contributed by atoms with Gasteiger partial charge >= 0.3 is 0 Å². The van der Waals surface area contributed by atoms with Gasteiger partial charge in [-0.2, -0.15) is 0 Å². The average molecular weight is 648 g/mol. The van der Waals surface area contributed by atoms with E-state index in [1.165, 1.54) is 20.6 Å². The molecule has 0 saturated carbocycles. The molecule has 0 unspecified atom stereocenters. The summed E-state index contributed by atoms with van der Waals surface area (Å²) in [5, 5.41) is 6.75. The van der Waals surface area contributed by atoms with Gasteiger partial charge in [0.25, 0.3) is 0 Å². The van der Waals surface area contributed by atoms with E-state index in [1.54, 1.807) is 11.8 Å². The Bertz CT molecular complexity index is 2840. The molecule has 3 aromatic heterocycles. The lowest BCUT2D eigenvalue weighted by Crippen LogP contribution is -2.33. The second kappa shape index (κ2) is 11.4. The molecule has 0 fully saturated rings. The van der Waals surface area contributed by atoms with E-state index in [4.69, 9.17) is 14.4 Å². The molecule has 0 aliphatic heterocycles. The predicted octanol–water partition coefficient (Wildman–Crippen LogP) is 10.3. The van der Waals surface area contributed by atoms with Crippen molar-refractivity contribution in [3.05, 3.63) is 150 Å². The van der Waals surface area contributed by atoms with E-state index in [-0.39, 0.29) is 0 Å². The van der Waals surface area contributed by atoms with Gasteiger partial charge in [-0.1, -0.05) is 90.6 Å². The Morgan fingerprint density at radius 3 is 2.14 bits per heavy atom. The number of rotatable bonds is 5. The van der Waals surface area contributed by atoms with Crippen molar-refractivity contribution in [3.63, 3.8) is 0 Å². The van der Waals surface area contributed by atoms with Crippen LogP contribution in [0.3, 0.4) is 0 Å². The summed E-state index contributed by atoms with van der Waals surface area (Å²) in [5.74, 6) is 0.743. The Kier molecular flexibility index (Phi) is 6.52. The fraction of sp³-hybridized carbons (Fsp3) is 0.0455. The van der Waals surface area contributed by atoms with Crippen LogP contribution in [0.15, 0.2) is 154 Å². The van der Waals surface area contributed by atoms with E-state index in [0.29, 0.717) is 0 Å². The van der Waals surface area contributed by atoms with E-state index in [9.17, 15) is 0 Å². The molecule has 10 rings (SSSR count). The van der Waals surface area contributed by atoms with E-state index in [1.807, 2.05) is 18.2 Å². The number of benzene rings is 6. The zero-order chi connectivity index (χ0) is 32.3. The molecular formula is C44H29N3OS. The van der Waals surface area contributed by atoms with Gasteiger partial charge in [-0.3, -0.25) is 0 Å². The van der Waals surface area contributed by atoms with Crippen LogP contribution in [0.5, 0.6) is 0 Å². The number of hydrogen-bond donors (Lipinski definition) is 0. The molecule has 9 aromatic rings. The van der Waals surface area contributed by atoms with Crippen molar-refractivity contribution < 1.29 is 4.42 Å². The van der Waals surface area contributed by atoms with Gasteiger partial charge < -0.3 is 8.98 Å². The second-order valence-corrected chi connectivity index (χ2v) is 13.6. The fourth-order valence-electron chi connectivity index (χ4n) is 7.18. The van der Waals surface area contributed by atoms with Crippen LogP contribution in [0.25, 0.3) is 84.2 Å². The lowest BCUT2D eigenvalue weighted by molar-refractivity contribution is 0.669. The van der Waals surface area contributed by atoms with Crippen LogP contribution < -0.4 is 10.6 Å². The molecule has 0 bridgehead atoms. The monoisotopic (exact) mass is 647 g/mol. The lowest BCUT2D eigenvalue weighted by Gasteiger charge is -2.11. The first-order valence-corrected chi connectivity index (χ1v) is 17.5. The molecule has 1 aliphatic carbocycles. The molecule has 49 heavy (non-hydrogen) atoms. The molecular weight excluding hydrogens is 619 g/mol. The van der Waals surface area contributed by atoms with E-state index in [0.717, 1.165) is 84.7 Å². The van der Waals surface area contributed by atoms with Gasteiger partial charge in [-0.15, -0.1) is 0 Å². The number of para-hydroxylation sites is 1. The number of furan rings is 1. The van der Waals surface area contributed by atoms with Gasteiger partial charge in [0.15, 0.2) is 5.82 Å². The number of fused-ring (bicyclic) bond motifs is 7. The molecule has 6 aromatic carbocycles. The third-order valence-electron chi connectivity index (χ3n) is 9.47. The highest BCUT2D eigenvalue weighted by Gasteiger charge is 2.18. The van der Waals surface area contributed by atoms with Crippen molar-refractivity contribution >= 4 is 67.7 Å². The maximum atomic E-state index is 6.36. The molecule has 4 nitrogen and oxygen atoms in total. The van der Waals surface area contributed by atoms with Crippen molar-refractivity contribution in [2.24, 2.45) is 0 Å². The smallest absolute Gasteiger partial charge is 0.160 e. The summed E-state index contributed by atoms with van der Waals surface area (Å²) in [6.45, 7) is 0. The zero-order valence-corrected chi connectivity index (χ0v) is 27.3. The minimum Gasteiger partial charge on any atom is -0.456 e. The first kappa shape index (κ1) is 28.1. The van der Waals surface area contributed by atoms with Crippen LogP contribution in [-0.4, -0.2) is 14.5 Å². The second-order valence-electron chi connectivity index (χ2n) is 12.5. The maximum absolute atomic E-state index is 6.36. The summed E-state index contributed by atoms with van der Waals surface area (Å²) in [5.41, 5.74) is 8.28. The summed E-state index contributed by atoms with van der Waals surface area (Å²) in [7, 11) is 0. The van der Waals surface area contributed by atoms with Crippen LogP contribution in [0.1, 0.15) is 12.8 Å². The highest BCUT2D eigenvalue weighted by Crippen LogP contribution is 2.40. The fourth-order valence-corrected chi connectivity index (χ4v) is 8.06. The van der Waals surface area contributed by atoms with E-state index < -0.39 is 0 Å². The summed E-state index contributed by atoms with van der Waals surface area (Å²) in [4.78, 5) is 12.6. The molecule has 0 amide bonds. The molecule has 0 atom stereocenters. The molecule has 1 aliphatic rings. The Hall–Kier alpha value is -5.91. The Labute approximate surface area is 286 Å². The van der Waals surface area contributed by atoms with Gasteiger partial charge in [-0.25, -0.2) is 9.97 Å². The van der Waals surface area contributed by atoms with Crippen molar-refractivity contribution in [2.75, 3.05) is 0 Å². The molecule has 0 spiro atoms. The molecule has 3 heterocycles. The topological polar surface area (TPSA) is 43.9 Å². The highest BCUT2D eigenvalue weighted by molar-refractivity contribution is 7.99. The predicted molar refractivity (Wildman–Crippen MR) is 202 cm³/mol. The van der Waals surface area contributed by atoms with Crippen molar-refractivity contribution in [3.8, 4) is 28.3 Å². The van der Waals surface area contributed by atoms with Gasteiger partial charge in [0.05, 0.1) is 22.1 Å². The van der Waals surface area contributed by atoms with Crippen LogP contribution in [0.4, 0.5) is 0 Å². The minimum absolute atomic E-state index is 0.743. The number of aromatic nitrogens is 3. The third-order valence-corrected chi connectivity index (χ3v) is 10.5. The summed E-state index contributed by atoms with van der Waals surface area (Å²) in [6, 6.07) is 49.3. The molecule has 0 radical (unpaired) electrons. The molecule has 0 saturated heterocycles. The molecule has 0 N–H and O–H groups in total.